The summed E-state index contributed by atoms with van der Waals surface area (Å²) in [4.78, 5) is 32.9. The van der Waals surface area contributed by atoms with Gasteiger partial charge in [0.2, 0.25) is 0 Å². The molecular formula is C25H23FN4O3S. The maximum Gasteiger partial charge on any atom is 0.336 e. The number of carbonyl (C=O) groups excluding carboxylic acids is 2. The summed E-state index contributed by atoms with van der Waals surface area (Å²) in [5.74, 6) is -2.32. The second-order valence-corrected chi connectivity index (χ2v) is 8.83. The lowest BCUT2D eigenvalue weighted by molar-refractivity contribution is -0.138. The van der Waals surface area contributed by atoms with Crippen molar-refractivity contribution in [1.29, 1.82) is 5.26 Å². The van der Waals surface area contributed by atoms with E-state index in [-0.39, 0.29) is 29.3 Å². The number of nitrogens with two attached hydrogens (primary N) is 1. The van der Waals surface area contributed by atoms with Crippen LogP contribution < -0.4 is 5.73 Å². The van der Waals surface area contributed by atoms with Crippen molar-refractivity contribution < 1.29 is 18.7 Å². The van der Waals surface area contributed by atoms with Crippen LogP contribution in [0.4, 0.5) is 4.39 Å². The van der Waals surface area contributed by atoms with Gasteiger partial charge in [-0.3, -0.25) is 9.69 Å². The van der Waals surface area contributed by atoms with Gasteiger partial charge in [-0.05, 0) is 49.6 Å². The van der Waals surface area contributed by atoms with Gasteiger partial charge < -0.3 is 10.5 Å². The Morgan fingerprint density at radius 3 is 2.68 bits per heavy atom. The molecule has 1 unspecified atom stereocenters. The number of thioether (sulfide) groups is 1. The molecule has 1 amide bonds. The first-order valence-electron chi connectivity index (χ1n) is 10.8. The van der Waals surface area contributed by atoms with Crippen LogP contribution in [0.2, 0.25) is 0 Å². The summed E-state index contributed by atoms with van der Waals surface area (Å²) >= 11 is 1.33. The SMILES string of the molecule is CCOC(=O)C1=C2CSc3nc(CC)c(C)cc3C(=O)N2C(N)=C(C#N)C1c1ccc(F)cc1. The zero-order chi connectivity index (χ0) is 24.6. The number of rotatable bonds is 4. The molecule has 0 radical (unpaired) electrons. The van der Waals surface area contributed by atoms with Gasteiger partial charge in [-0.15, -0.1) is 0 Å². The second-order valence-electron chi connectivity index (χ2n) is 7.86. The first-order valence-corrected chi connectivity index (χ1v) is 11.8. The van der Waals surface area contributed by atoms with Crippen molar-refractivity contribution in [3.05, 3.63) is 81.2 Å². The van der Waals surface area contributed by atoms with E-state index in [1.807, 2.05) is 13.8 Å². The van der Waals surface area contributed by atoms with Crippen LogP contribution in [-0.2, 0) is 16.0 Å². The summed E-state index contributed by atoms with van der Waals surface area (Å²) in [5.41, 5.74) is 9.53. The summed E-state index contributed by atoms with van der Waals surface area (Å²) in [6, 6.07) is 9.35. The molecule has 0 aliphatic carbocycles. The second kappa shape index (κ2) is 9.31. The number of amides is 1. The highest BCUT2D eigenvalue weighted by molar-refractivity contribution is 7.99. The third-order valence-corrected chi connectivity index (χ3v) is 6.89. The van der Waals surface area contributed by atoms with Crippen molar-refractivity contribution in [2.45, 2.75) is 38.1 Å². The van der Waals surface area contributed by atoms with E-state index in [9.17, 15) is 19.2 Å². The van der Waals surface area contributed by atoms with Gasteiger partial charge in [-0.1, -0.05) is 30.8 Å². The highest BCUT2D eigenvalue weighted by Crippen LogP contribution is 2.45. The topological polar surface area (TPSA) is 109 Å². The molecule has 1 aromatic heterocycles. The number of aromatic nitrogens is 1. The predicted octanol–water partition coefficient (Wildman–Crippen LogP) is 3.95. The first-order chi connectivity index (χ1) is 16.3. The Morgan fingerprint density at radius 2 is 2.06 bits per heavy atom. The molecule has 0 bridgehead atoms. The fourth-order valence-electron chi connectivity index (χ4n) is 4.29. The van der Waals surface area contributed by atoms with E-state index in [0.29, 0.717) is 28.3 Å². The molecule has 3 heterocycles. The summed E-state index contributed by atoms with van der Waals surface area (Å²) in [5, 5.41) is 10.6. The van der Waals surface area contributed by atoms with E-state index in [1.165, 1.54) is 40.9 Å². The highest BCUT2D eigenvalue weighted by Gasteiger charge is 2.43. The number of hydrogen-bond acceptors (Lipinski definition) is 7. The molecule has 1 aromatic carbocycles. The number of benzene rings is 1. The van der Waals surface area contributed by atoms with Crippen LogP contribution in [0.1, 0.15) is 46.9 Å². The van der Waals surface area contributed by atoms with Crippen molar-refractivity contribution in [3.8, 4) is 6.07 Å². The lowest BCUT2D eigenvalue weighted by Crippen LogP contribution is -2.41. The monoisotopic (exact) mass is 478 g/mol. The molecular weight excluding hydrogens is 455 g/mol. The van der Waals surface area contributed by atoms with E-state index in [4.69, 9.17) is 10.5 Å². The molecule has 2 aliphatic heterocycles. The number of halogens is 1. The molecule has 0 saturated heterocycles. The Bertz CT molecular complexity index is 1290. The molecule has 2 N–H and O–H groups in total. The number of aryl methyl sites for hydroxylation is 2. The molecule has 4 rings (SSSR count). The van der Waals surface area contributed by atoms with Crippen molar-refractivity contribution in [3.63, 3.8) is 0 Å². The van der Waals surface area contributed by atoms with Crippen LogP contribution in [0.3, 0.4) is 0 Å². The Hall–Kier alpha value is -3.64. The van der Waals surface area contributed by atoms with Crippen molar-refractivity contribution in [1.82, 2.24) is 9.88 Å². The molecule has 9 heteroatoms. The Kier molecular flexibility index (Phi) is 6.44. The van der Waals surface area contributed by atoms with Gasteiger partial charge in [0.15, 0.2) is 0 Å². The van der Waals surface area contributed by atoms with Gasteiger partial charge in [-0.25, -0.2) is 14.2 Å². The average Bonchev–Trinajstić information content (AvgIpc) is 2.95. The molecule has 7 nitrogen and oxygen atoms in total. The predicted molar refractivity (Wildman–Crippen MR) is 125 cm³/mol. The zero-order valence-corrected chi connectivity index (χ0v) is 19.8. The quantitative estimate of drug-likeness (QED) is 0.663. The standard InChI is InChI=1S/C25H23FN4O3S/c1-4-18-13(3)10-16-23(29-18)34-12-19-21(25(32)33-5-2)20(14-6-8-15(26)9-7-14)17(11-27)22(28)30(19)24(16)31/h6-10,20H,4-5,12,28H2,1-3H3. The Labute approximate surface area is 201 Å². The van der Waals surface area contributed by atoms with E-state index in [1.54, 1.807) is 13.0 Å². The minimum absolute atomic E-state index is 0.0232. The van der Waals surface area contributed by atoms with Crippen molar-refractivity contribution in [2.24, 2.45) is 5.73 Å². The van der Waals surface area contributed by atoms with Gasteiger partial charge in [0.05, 0.1) is 35.3 Å². The normalized spacial score (nSPS) is 17.7. The Morgan fingerprint density at radius 1 is 1.35 bits per heavy atom. The van der Waals surface area contributed by atoms with Gasteiger partial charge in [0.25, 0.3) is 5.91 Å². The minimum Gasteiger partial charge on any atom is -0.463 e. The van der Waals surface area contributed by atoms with E-state index < -0.39 is 23.6 Å². The van der Waals surface area contributed by atoms with Gasteiger partial charge >= 0.3 is 5.97 Å². The van der Waals surface area contributed by atoms with Crippen LogP contribution in [-0.4, -0.2) is 34.1 Å². The largest absolute Gasteiger partial charge is 0.463 e. The van der Waals surface area contributed by atoms with Crippen LogP contribution in [0, 0.1) is 24.1 Å². The maximum atomic E-state index is 13.7. The van der Waals surface area contributed by atoms with Crippen LogP contribution in [0.15, 0.2) is 58.0 Å². The highest BCUT2D eigenvalue weighted by atomic mass is 32.2. The third kappa shape index (κ3) is 3.84. The van der Waals surface area contributed by atoms with E-state index in [2.05, 4.69) is 11.1 Å². The molecule has 174 valence electrons. The molecule has 0 spiro atoms. The maximum absolute atomic E-state index is 13.7. The molecule has 2 aromatic rings. The summed E-state index contributed by atoms with van der Waals surface area (Å²) < 4.78 is 19.0. The van der Waals surface area contributed by atoms with Crippen molar-refractivity contribution >= 4 is 23.6 Å². The van der Waals surface area contributed by atoms with Gasteiger partial charge in [-0.2, -0.15) is 5.26 Å². The number of hydrogen-bond donors (Lipinski definition) is 1. The smallest absolute Gasteiger partial charge is 0.336 e. The molecule has 34 heavy (non-hydrogen) atoms. The number of nitriles is 1. The number of esters is 1. The Balaban J connectivity index is 1.98. The summed E-state index contributed by atoms with van der Waals surface area (Å²) in [6.45, 7) is 5.65. The van der Waals surface area contributed by atoms with Crippen LogP contribution >= 0.6 is 11.8 Å². The fourth-order valence-corrected chi connectivity index (χ4v) is 5.32. The fraction of sp³-hybridized carbons (Fsp3) is 0.280. The number of allylic oxidation sites excluding steroid dienone is 1. The lowest BCUT2D eigenvalue weighted by atomic mass is 9.81. The van der Waals surface area contributed by atoms with E-state index >= 15 is 0 Å². The molecule has 0 saturated carbocycles. The molecule has 1 atom stereocenters. The number of fused-ring (bicyclic) bond motifs is 2. The van der Waals surface area contributed by atoms with Crippen LogP contribution in [0.5, 0.6) is 0 Å². The summed E-state index contributed by atoms with van der Waals surface area (Å²) in [6.07, 6.45) is 0.710. The van der Waals surface area contributed by atoms with Crippen molar-refractivity contribution in [2.75, 3.05) is 12.4 Å². The first kappa shape index (κ1) is 23.5. The number of nitrogens with zero attached hydrogens (tertiary/aromatic N) is 3. The average molecular weight is 479 g/mol. The van der Waals surface area contributed by atoms with Gasteiger partial charge in [0, 0.05) is 17.1 Å². The number of ether oxygens (including phenoxy) is 1. The minimum atomic E-state index is -0.897. The molecule has 2 aliphatic rings. The molecule has 0 fully saturated rings. The third-order valence-electron chi connectivity index (χ3n) is 5.89. The summed E-state index contributed by atoms with van der Waals surface area (Å²) in [7, 11) is 0. The number of carbonyl (C=O) groups is 2. The van der Waals surface area contributed by atoms with E-state index in [0.717, 1.165) is 11.3 Å². The zero-order valence-electron chi connectivity index (χ0n) is 19.0. The number of pyridine rings is 1. The lowest BCUT2D eigenvalue weighted by Gasteiger charge is -2.35. The van der Waals surface area contributed by atoms with Crippen LogP contribution in [0.25, 0.3) is 0 Å². The van der Waals surface area contributed by atoms with Gasteiger partial charge in [0.1, 0.15) is 16.7 Å².